The molecule has 30 heavy (non-hydrogen) atoms. The maximum atomic E-state index is 12.1. The Hall–Kier alpha value is -2.83. The highest BCUT2D eigenvalue weighted by atomic mass is 16.5. The van der Waals surface area contributed by atoms with E-state index in [0.29, 0.717) is 18.9 Å². The third-order valence-electron chi connectivity index (χ3n) is 5.98. The van der Waals surface area contributed by atoms with Crippen LogP contribution in [0, 0.1) is 0 Å². The zero-order valence-electron chi connectivity index (χ0n) is 17.2. The van der Waals surface area contributed by atoms with E-state index in [2.05, 4.69) is 41.0 Å². The van der Waals surface area contributed by atoms with Gasteiger partial charge in [0.05, 0.1) is 25.3 Å². The molecule has 1 aromatic heterocycles. The van der Waals surface area contributed by atoms with Gasteiger partial charge in [0, 0.05) is 36.8 Å². The summed E-state index contributed by atoms with van der Waals surface area (Å²) >= 11 is 0. The Morgan fingerprint density at radius 3 is 2.60 bits per heavy atom. The van der Waals surface area contributed by atoms with Crippen molar-refractivity contribution in [3.05, 3.63) is 69.6 Å². The molecule has 0 aliphatic carbocycles. The lowest BCUT2D eigenvalue weighted by atomic mass is 10.0. The zero-order valence-corrected chi connectivity index (χ0v) is 17.2. The van der Waals surface area contributed by atoms with Crippen LogP contribution in [0.2, 0.25) is 0 Å². The smallest absolute Gasteiger partial charge is 0.336 e. The molecule has 6 heteroatoms. The Morgan fingerprint density at radius 2 is 1.83 bits per heavy atom. The molecule has 3 heterocycles. The number of aryl methyl sites for hydroxylation is 1. The first kappa shape index (κ1) is 19.2. The molecule has 6 nitrogen and oxygen atoms in total. The summed E-state index contributed by atoms with van der Waals surface area (Å²) in [6.45, 7) is 7.70. The van der Waals surface area contributed by atoms with Crippen molar-refractivity contribution in [2.45, 2.75) is 26.4 Å². The topological polar surface area (TPSA) is 55.2 Å². The van der Waals surface area contributed by atoms with Gasteiger partial charge in [0.1, 0.15) is 11.3 Å². The quantitative estimate of drug-likeness (QED) is 0.618. The van der Waals surface area contributed by atoms with E-state index in [-0.39, 0.29) is 5.63 Å². The highest BCUT2D eigenvalue weighted by Crippen LogP contribution is 2.34. The van der Waals surface area contributed by atoms with E-state index >= 15 is 0 Å². The highest BCUT2D eigenvalue weighted by Gasteiger charge is 2.22. The van der Waals surface area contributed by atoms with Crippen LogP contribution < -0.4 is 15.3 Å². The second-order valence-electron chi connectivity index (χ2n) is 7.89. The lowest BCUT2D eigenvalue weighted by Crippen LogP contribution is -2.35. The molecule has 5 rings (SSSR count). The van der Waals surface area contributed by atoms with Crippen LogP contribution in [0.4, 0.5) is 5.69 Å². The van der Waals surface area contributed by atoms with Crippen molar-refractivity contribution in [3.63, 3.8) is 0 Å². The number of anilines is 1. The molecule has 0 N–H and O–H groups in total. The van der Waals surface area contributed by atoms with Crippen molar-refractivity contribution >= 4 is 16.7 Å². The zero-order chi connectivity index (χ0) is 20.5. The van der Waals surface area contributed by atoms with E-state index in [4.69, 9.17) is 13.9 Å². The molecule has 0 spiro atoms. The predicted molar refractivity (Wildman–Crippen MR) is 116 cm³/mol. The number of ether oxygens (including phenoxy) is 2. The van der Waals surface area contributed by atoms with E-state index in [1.54, 1.807) is 6.07 Å². The van der Waals surface area contributed by atoms with Gasteiger partial charge in [-0.15, -0.1) is 0 Å². The fourth-order valence-electron chi connectivity index (χ4n) is 4.29. The van der Waals surface area contributed by atoms with Crippen LogP contribution in [0.3, 0.4) is 0 Å². The summed E-state index contributed by atoms with van der Waals surface area (Å²) in [5, 5.41) is 0.988. The molecule has 2 aliphatic rings. The number of hydrogen-bond donors (Lipinski definition) is 0. The maximum absolute atomic E-state index is 12.1. The van der Waals surface area contributed by atoms with Crippen molar-refractivity contribution in [2.75, 3.05) is 37.9 Å². The van der Waals surface area contributed by atoms with E-state index in [1.165, 1.54) is 5.56 Å². The van der Waals surface area contributed by atoms with Gasteiger partial charge >= 0.3 is 5.63 Å². The highest BCUT2D eigenvalue weighted by molar-refractivity contribution is 5.85. The van der Waals surface area contributed by atoms with Gasteiger partial charge in [0.25, 0.3) is 0 Å². The molecule has 2 aliphatic heterocycles. The lowest BCUT2D eigenvalue weighted by Gasteiger charge is -2.31. The number of benzene rings is 2. The van der Waals surface area contributed by atoms with Crippen LogP contribution in [-0.4, -0.2) is 37.9 Å². The second-order valence-corrected chi connectivity index (χ2v) is 7.89. The minimum Gasteiger partial charge on any atom is -0.473 e. The largest absolute Gasteiger partial charge is 0.473 e. The summed E-state index contributed by atoms with van der Waals surface area (Å²) in [4.78, 5) is 16.6. The number of hydrogen-bond acceptors (Lipinski definition) is 6. The van der Waals surface area contributed by atoms with E-state index in [1.807, 2.05) is 12.1 Å². The van der Waals surface area contributed by atoms with Crippen molar-refractivity contribution < 1.29 is 13.9 Å². The van der Waals surface area contributed by atoms with Gasteiger partial charge in [0.2, 0.25) is 0 Å². The Balaban J connectivity index is 1.39. The molecule has 0 unspecified atom stereocenters. The Morgan fingerprint density at radius 1 is 1.03 bits per heavy atom. The molecular weight excluding hydrogens is 380 g/mol. The lowest BCUT2D eigenvalue weighted by molar-refractivity contribution is 0.0342. The van der Waals surface area contributed by atoms with Crippen molar-refractivity contribution in [1.29, 1.82) is 0 Å². The summed E-state index contributed by atoms with van der Waals surface area (Å²) < 4.78 is 17.0. The van der Waals surface area contributed by atoms with Crippen LogP contribution in [0.25, 0.3) is 11.0 Å². The third-order valence-corrected chi connectivity index (χ3v) is 5.98. The minimum atomic E-state index is -0.308. The van der Waals surface area contributed by atoms with Gasteiger partial charge in [-0.05, 0) is 41.8 Å². The molecule has 156 valence electrons. The van der Waals surface area contributed by atoms with Crippen molar-refractivity contribution in [2.24, 2.45) is 0 Å². The standard InChI is InChI=1S/C24H26N2O4/c1-2-18-13-23(27)30-24-20(18)7-8-22-21(24)15-26(16-29-22)19-5-3-17(4-6-19)14-25-9-11-28-12-10-25/h3-8,13H,2,9-12,14-16H2,1H3. The van der Waals surface area contributed by atoms with E-state index < -0.39 is 0 Å². The van der Waals surface area contributed by atoms with Gasteiger partial charge in [-0.2, -0.15) is 0 Å². The fourth-order valence-corrected chi connectivity index (χ4v) is 4.29. The molecule has 0 amide bonds. The van der Waals surface area contributed by atoms with Gasteiger partial charge in [-0.25, -0.2) is 4.79 Å². The van der Waals surface area contributed by atoms with Crippen LogP contribution in [0.1, 0.15) is 23.6 Å². The summed E-state index contributed by atoms with van der Waals surface area (Å²) in [5.41, 5.74) is 4.67. The van der Waals surface area contributed by atoms with Gasteiger partial charge in [-0.3, -0.25) is 4.90 Å². The first-order chi connectivity index (χ1) is 14.7. The summed E-state index contributed by atoms with van der Waals surface area (Å²) in [6.07, 6.45) is 0.788. The first-order valence-corrected chi connectivity index (χ1v) is 10.6. The third kappa shape index (κ3) is 3.68. The van der Waals surface area contributed by atoms with Crippen LogP contribution >= 0.6 is 0 Å². The number of nitrogens with zero attached hydrogens (tertiary/aromatic N) is 2. The normalized spacial score (nSPS) is 17.0. The molecule has 3 aromatic rings. The van der Waals surface area contributed by atoms with Crippen LogP contribution in [-0.2, 0) is 24.2 Å². The molecule has 1 fully saturated rings. The van der Waals surface area contributed by atoms with Gasteiger partial charge < -0.3 is 18.8 Å². The molecule has 0 atom stereocenters. The average molecular weight is 406 g/mol. The van der Waals surface area contributed by atoms with E-state index in [9.17, 15) is 4.79 Å². The average Bonchev–Trinajstić information content (AvgIpc) is 2.79. The SMILES string of the molecule is CCc1cc(=O)oc2c3c(ccc12)OCN(c1ccc(CN2CCOCC2)cc1)C3. The van der Waals surface area contributed by atoms with Crippen molar-refractivity contribution in [3.8, 4) is 5.75 Å². The number of rotatable bonds is 4. The summed E-state index contributed by atoms with van der Waals surface area (Å²) in [6, 6.07) is 14.2. The number of morpholine rings is 1. The van der Waals surface area contributed by atoms with Crippen molar-refractivity contribution in [1.82, 2.24) is 4.90 Å². The van der Waals surface area contributed by atoms with Crippen LogP contribution in [0.15, 0.2) is 51.7 Å². The maximum Gasteiger partial charge on any atom is 0.336 e. The van der Waals surface area contributed by atoms with Gasteiger partial charge in [-0.1, -0.05) is 19.1 Å². The Bertz CT molecular complexity index is 1100. The Labute approximate surface area is 175 Å². The molecular formula is C24H26N2O4. The minimum absolute atomic E-state index is 0.308. The number of fused-ring (bicyclic) bond motifs is 3. The molecule has 0 bridgehead atoms. The Kier molecular flexibility index (Phi) is 5.19. The van der Waals surface area contributed by atoms with E-state index in [0.717, 1.165) is 67.2 Å². The molecule has 0 radical (unpaired) electrons. The molecule has 1 saturated heterocycles. The summed E-state index contributed by atoms with van der Waals surface area (Å²) in [5.74, 6) is 0.791. The summed E-state index contributed by atoms with van der Waals surface area (Å²) in [7, 11) is 0. The predicted octanol–water partition coefficient (Wildman–Crippen LogP) is 3.54. The molecule has 0 saturated carbocycles. The van der Waals surface area contributed by atoms with Crippen LogP contribution in [0.5, 0.6) is 5.75 Å². The molecule has 2 aromatic carbocycles. The van der Waals surface area contributed by atoms with Gasteiger partial charge in [0.15, 0.2) is 6.73 Å². The fraction of sp³-hybridized carbons (Fsp3) is 0.375. The monoisotopic (exact) mass is 406 g/mol. The first-order valence-electron chi connectivity index (χ1n) is 10.6. The second kappa shape index (κ2) is 8.13.